The number of hydrogen-bond acceptors (Lipinski definition) is 8. The smallest absolute Gasteiger partial charge is 0.132 e. The summed E-state index contributed by atoms with van der Waals surface area (Å²) in [4.78, 5) is 22.3. The molecule has 3 rings (SSSR count). The summed E-state index contributed by atoms with van der Waals surface area (Å²) in [5, 5.41) is 0. The fourth-order valence-electron chi connectivity index (χ4n) is 3.31. The SMILES string of the molecule is C=N/C(=C\C=C1/CC=C(C(C=NC)=CN)C=N1)N(Cc1ncc[nH]1)c1cc(OC)cc(OC)c1. The Morgan fingerprint density at radius 2 is 2.03 bits per heavy atom. The number of anilines is 1. The zero-order valence-electron chi connectivity index (χ0n) is 19.6. The molecule has 0 amide bonds. The van der Waals surface area contributed by atoms with E-state index < -0.39 is 0 Å². The summed E-state index contributed by atoms with van der Waals surface area (Å²) in [7, 11) is 4.93. The Bertz CT molecular complexity index is 1150. The van der Waals surface area contributed by atoms with Crippen molar-refractivity contribution < 1.29 is 9.47 Å². The van der Waals surface area contributed by atoms with E-state index in [4.69, 9.17) is 15.2 Å². The lowest BCUT2D eigenvalue weighted by Crippen LogP contribution is -2.22. The Labute approximate surface area is 199 Å². The maximum Gasteiger partial charge on any atom is 0.132 e. The highest BCUT2D eigenvalue weighted by atomic mass is 16.5. The van der Waals surface area contributed by atoms with E-state index in [9.17, 15) is 0 Å². The third-order valence-electron chi connectivity index (χ3n) is 5.06. The predicted octanol–water partition coefficient (Wildman–Crippen LogP) is 3.80. The van der Waals surface area contributed by atoms with Gasteiger partial charge in [-0.15, -0.1) is 0 Å². The van der Waals surface area contributed by atoms with E-state index in [0.29, 0.717) is 30.3 Å². The van der Waals surface area contributed by atoms with Crippen molar-refractivity contribution in [3.63, 3.8) is 0 Å². The number of nitrogens with one attached hydrogen (secondary N) is 1. The van der Waals surface area contributed by atoms with Crippen molar-refractivity contribution in [2.45, 2.75) is 13.0 Å². The number of imidazole rings is 1. The molecule has 1 aromatic carbocycles. The molecule has 0 spiro atoms. The molecule has 1 aromatic heterocycles. The van der Waals surface area contributed by atoms with Gasteiger partial charge in [0.15, 0.2) is 0 Å². The van der Waals surface area contributed by atoms with Crippen molar-refractivity contribution in [1.82, 2.24) is 9.97 Å². The molecule has 9 heteroatoms. The molecule has 34 heavy (non-hydrogen) atoms. The Morgan fingerprint density at radius 1 is 1.26 bits per heavy atom. The summed E-state index contributed by atoms with van der Waals surface area (Å²) in [5.74, 6) is 2.71. The summed E-state index contributed by atoms with van der Waals surface area (Å²) < 4.78 is 10.9. The number of hydrogen-bond donors (Lipinski definition) is 2. The molecule has 3 N–H and O–H groups in total. The maximum atomic E-state index is 5.70. The lowest BCUT2D eigenvalue weighted by molar-refractivity contribution is 0.394. The second-order valence-corrected chi connectivity index (χ2v) is 7.16. The van der Waals surface area contributed by atoms with E-state index in [-0.39, 0.29) is 0 Å². The molecule has 2 heterocycles. The molecular weight excluding hydrogens is 430 g/mol. The Hall–Kier alpha value is -4.40. The first-order valence-electron chi connectivity index (χ1n) is 10.6. The van der Waals surface area contributed by atoms with Gasteiger partial charge >= 0.3 is 0 Å². The van der Waals surface area contributed by atoms with Crippen molar-refractivity contribution in [2.24, 2.45) is 20.7 Å². The van der Waals surface area contributed by atoms with Crippen LogP contribution >= 0.6 is 0 Å². The largest absolute Gasteiger partial charge is 0.497 e. The predicted molar refractivity (Wildman–Crippen MR) is 138 cm³/mol. The second kappa shape index (κ2) is 12.0. The topological polar surface area (TPSA) is 113 Å². The first-order chi connectivity index (χ1) is 16.6. The minimum Gasteiger partial charge on any atom is -0.497 e. The Balaban J connectivity index is 1.93. The monoisotopic (exact) mass is 459 g/mol. The third kappa shape index (κ3) is 6.10. The molecule has 176 valence electrons. The highest BCUT2D eigenvalue weighted by Gasteiger charge is 2.16. The quantitative estimate of drug-likeness (QED) is 0.525. The fraction of sp³-hybridized carbons (Fsp3) is 0.200. The van der Waals surface area contributed by atoms with Gasteiger partial charge in [0.1, 0.15) is 23.1 Å². The summed E-state index contributed by atoms with van der Waals surface area (Å²) in [5.41, 5.74) is 9.14. The molecule has 0 saturated carbocycles. The molecule has 0 bridgehead atoms. The van der Waals surface area contributed by atoms with Crippen molar-refractivity contribution in [1.29, 1.82) is 0 Å². The zero-order chi connectivity index (χ0) is 24.3. The second-order valence-electron chi connectivity index (χ2n) is 7.16. The first kappa shape index (κ1) is 24.2. The molecule has 0 aliphatic carbocycles. The number of nitrogens with two attached hydrogens (primary N) is 1. The van der Waals surface area contributed by atoms with E-state index in [2.05, 4.69) is 37.7 Å². The van der Waals surface area contributed by atoms with Gasteiger partial charge in [0.25, 0.3) is 0 Å². The van der Waals surface area contributed by atoms with Crippen LogP contribution in [0.15, 0.2) is 92.7 Å². The van der Waals surface area contributed by atoms with Crippen LogP contribution in [0.25, 0.3) is 0 Å². The zero-order valence-corrected chi connectivity index (χ0v) is 19.6. The van der Waals surface area contributed by atoms with Gasteiger partial charge in [-0.3, -0.25) is 9.98 Å². The lowest BCUT2D eigenvalue weighted by atomic mass is 10.0. The van der Waals surface area contributed by atoms with Gasteiger partial charge in [-0.05, 0) is 24.4 Å². The van der Waals surface area contributed by atoms with Crippen molar-refractivity contribution in [3.05, 3.63) is 83.5 Å². The van der Waals surface area contributed by atoms with E-state index in [1.807, 2.05) is 35.3 Å². The molecule has 1 aliphatic rings. The van der Waals surface area contributed by atoms with Crippen LogP contribution in [0.3, 0.4) is 0 Å². The van der Waals surface area contributed by atoms with Crippen LogP contribution in [0.4, 0.5) is 5.69 Å². The van der Waals surface area contributed by atoms with Crippen LogP contribution < -0.4 is 20.1 Å². The summed E-state index contributed by atoms with van der Waals surface area (Å²) >= 11 is 0. The van der Waals surface area contributed by atoms with Gasteiger partial charge in [-0.25, -0.2) is 9.98 Å². The number of H-pyrrole nitrogens is 1. The number of methoxy groups -OCH3 is 2. The van der Waals surface area contributed by atoms with Gasteiger partial charge in [0.2, 0.25) is 0 Å². The molecule has 1 aliphatic heterocycles. The van der Waals surface area contributed by atoms with E-state index in [0.717, 1.165) is 28.4 Å². The average Bonchev–Trinajstić information content (AvgIpc) is 3.40. The number of rotatable bonds is 10. The van der Waals surface area contributed by atoms with Crippen molar-refractivity contribution >= 4 is 24.8 Å². The number of allylic oxidation sites excluding steroid dienone is 5. The van der Waals surface area contributed by atoms with Crippen LogP contribution in [0.2, 0.25) is 0 Å². The lowest BCUT2D eigenvalue weighted by Gasteiger charge is -2.25. The van der Waals surface area contributed by atoms with Gasteiger partial charge in [0, 0.05) is 74.0 Å². The number of aromatic nitrogens is 2. The van der Waals surface area contributed by atoms with E-state index in [1.165, 1.54) is 6.20 Å². The van der Waals surface area contributed by atoms with Crippen molar-refractivity contribution in [3.8, 4) is 11.5 Å². The van der Waals surface area contributed by atoms with E-state index in [1.54, 1.807) is 46.1 Å². The highest BCUT2D eigenvalue weighted by molar-refractivity contribution is 5.99. The maximum absolute atomic E-state index is 5.70. The molecule has 2 aromatic rings. The van der Waals surface area contributed by atoms with Crippen LogP contribution in [0, 0.1) is 0 Å². The number of dihydropyridines is 1. The van der Waals surface area contributed by atoms with Crippen LogP contribution in [-0.2, 0) is 6.54 Å². The number of ether oxygens (including phenoxy) is 2. The average molecular weight is 460 g/mol. The third-order valence-corrected chi connectivity index (χ3v) is 5.06. The van der Waals surface area contributed by atoms with Crippen molar-refractivity contribution in [2.75, 3.05) is 26.2 Å². The van der Waals surface area contributed by atoms with Crippen LogP contribution in [-0.4, -0.2) is 50.4 Å². The van der Waals surface area contributed by atoms with Gasteiger partial charge in [-0.1, -0.05) is 6.08 Å². The van der Waals surface area contributed by atoms with Crippen LogP contribution in [0.1, 0.15) is 12.2 Å². The number of nitrogens with zero attached hydrogens (tertiary/aromatic N) is 5. The highest BCUT2D eigenvalue weighted by Crippen LogP contribution is 2.31. The number of benzene rings is 1. The first-order valence-corrected chi connectivity index (χ1v) is 10.6. The molecule has 0 unspecified atom stereocenters. The fourth-order valence-corrected chi connectivity index (χ4v) is 3.31. The summed E-state index contributed by atoms with van der Waals surface area (Å²) in [6, 6.07) is 5.62. The van der Waals surface area contributed by atoms with Crippen LogP contribution in [0.5, 0.6) is 11.5 Å². The minimum absolute atomic E-state index is 0.436. The van der Waals surface area contributed by atoms with Gasteiger partial charge in [0.05, 0.1) is 26.5 Å². The van der Waals surface area contributed by atoms with Gasteiger partial charge < -0.3 is 25.1 Å². The Morgan fingerprint density at radius 3 is 2.56 bits per heavy atom. The van der Waals surface area contributed by atoms with Gasteiger partial charge in [-0.2, -0.15) is 0 Å². The molecule has 0 radical (unpaired) electrons. The molecule has 9 nitrogen and oxygen atoms in total. The normalized spacial score (nSPS) is 15.5. The number of aliphatic imine (C=N–C) groups is 3. The molecule has 0 atom stereocenters. The molecule has 0 fully saturated rings. The molecular formula is C25H29N7O2. The summed E-state index contributed by atoms with van der Waals surface area (Å²) in [6.07, 6.45) is 15.0. The van der Waals surface area contributed by atoms with E-state index >= 15 is 0 Å². The molecule has 0 saturated heterocycles. The number of aromatic amines is 1. The summed E-state index contributed by atoms with van der Waals surface area (Å²) in [6.45, 7) is 4.22. The minimum atomic E-state index is 0.436. The Kier molecular flexibility index (Phi) is 8.56. The standard InChI is InChI=1S/C25H29N7O2/c1-27-15-19(14-26)18-5-6-20(31-16-18)7-8-25(28-2)32(17-24-29-9-10-30-24)21-11-22(33-3)13-23(12-21)34-4/h5,7-16H,2,6,17,26H2,1,3-4H3,(H,29,30)/b19-14?,20-7+,25-8+,27-15?.